The van der Waals surface area contributed by atoms with Gasteiger partial charge < -0.3 is 20.3 Å². The van der Waals surface area contributed by atoms with Gasteiger partial charge in [-0.05, 0) is 57.8 Å². The van der Waals surface area contributed by atoms with E-state index in [1.807, 2.05) is 0 Å². The summed E-state index contributed by atoms with van der Waals surface area (Å²) in [5.41, 5.74) is 0. The first-order valence-electron chi connectivity index (χ1n) is 37.1. The van der Waals surface area contributed by atoms with Crippen molar-refractivity contribution in [3.8, 4) is 0 Å². The van der Waals surface area contributed by atoms with Crippen molar-refractivity contribution in [1.82, 2.24) is 5.32 Å². The number of nitrogens with one attached hydrogen (secondary N) is 1. The Kier molecular flexibility index (Phi) is 69.4. The van der Waals surface area contributed by atoms with Gasteiger partial charge in [-0.3, -0.25) is 9.59 Å². The molecule has 0 aromatic rings. The molecule has 0 aliphatic rings. The van der Waals surface area contributed by atoms with Crippen LogP contribution in [0, 0.1) is 0 Å². The standard InChI is InChI=1S/C75H145NO5/c1-3-5-7-9-11-13-15-16-42-46-49-53-57-61-65-69-75(80)81-70-66-62-58-54-50-47-44-41-39-37-35-33-31-29-27-25-23-21-19-17-18-20-22-24-26-28-30-32-34-36-38-40-43-45-48-52-56-60-64-68-74(79)76-72(71-77)73(78)67-63-59-55-51-14-12-10-8-6-4-2/h17-18,21,23,72-73,77-78H,3-16,19-20,22,24-71H2,1-2H3,(H,76,79)/b18-17-,23-21-. The number of rotatable bonds is 70. The van der Waals surface area contributed by atoms with Gasteiger partial charge in [0.2, 0.25) is 5.91 Å². The average molecular weight is 1140 g/mol. The van der Waals surface area contributed by atoms with E-state index in [2.05, 4.69) is 43.5 Å². The number of aliphatic hydroxyl groups excluding tert-OH is 2. The molecule has 0 aliphatic heterocycles. The van der Waals surface area contributed by atoms with Gasteiger partial charge in [0.25, 0.3) is 0 Å². The van der Waals surface area contributed by atoms with Crippen molar-refractivity contribution in [2.75, 3.05) is 13.2 Å². The quantitative estimate of drug-likeness (QED) is 0.0320. The molecule has 6 heteroatoms. The fraction of sp³-hybridized carbons (Fsp3) is 0.920. The van der Waals surface area contributed by atoms with Gasteiger partial charge >= 0.3 is 5.97 Å². The molecule has 0 aromatic heterocycles. The highest BCUT2D eigenvalue weighted by atomic mass is 16.5. The molecule has 2 unspecified atom stereocenters. The lowest BCUT2D eigenvalue weighted by Crippen LogP contribution is -2.45. The fourth-order valence-electron chi connectivity index (χ4n) is 11.9. The monoisotopic (exact) mass is 1140 g/mol. The highest BCUT2D eigenvalue weighted by Crippen LogP contribution is 2.19. The van der Waals surface area contributed by atoms with Crippen molar-refractivity contribution in [1.29, 1.82) is 0 Å². The number of carbonyl (C=O) groups is 2. The Balaban J connectivity index is 3.32. The van der Waals surface area contributed by atoms with Gasteiger partial charge in [0, 0.05) is 12.8 Å². The Morgan fingerprint density at radius 3 is 0.938 bits per heavy atom. The van der Waals surface area contributed by atoms with Crippen LogP contribution < -0.4 is 5.32 Å². The molecule has 0 aliphatic carbocycles. The molecule has 81 heavy (non-hydrogen) atoms. The number of allylic oxidation sites excluding steroid dienone is 4. The second kappa shape index (κ2) is 70.8. The van der Waals surface area contributed by atoms with Crippen LogP contribution in [0.25, 0.3) is 0 Å². The van der Waals surface area contributed by atoms with E-state index in [-0.39, 0.29) is 18.5 Å². The zero-order valence-corrected chi connectivity index (χ0v) is 55.0. The molecule has 0 aromatic carbocycles. The molecule has 0 rings (SSSR count). The topological polar surface area (TPSA) is 95.9 Å². The van der Waals surface area contributed by atoms with Gasteiger partial charge in [0.1, 0.15) is 0 Å². The first-order valence-corrected chi connectivity index (χ1v) is 37.1. The largest absolute Gasteiger partial charge is 0.466 e. The summed E-state index contributed by atoms with van der Waals surface area (Å²) in [5.74, 6) is -0.00766. The summed E-state index contributed by atoms with van der Waals surface area (Å²) in [4.78, 5) is 24.5. The van der Waals surface area contributed by atoms with Crippen molar-refractivity contribution in [2.24, 2.45) is 0 Å². The normalized spacial score (nSPS) is 12.6. The minimum atomic E-state index is -0.660. The lowest BCUT2D eigenvalue weighted by molar-refractivity contribution is -0.143. The van der Waals surface area contributed by atoms with E-state index in [0.717, 1.165) is 44.9 Å². The lowest BCUT2D eigenvalue weighted by Gasteiger charge is -2.22. The molecule has 2 atom stereocenters. The van der Waals surface area contributed by atoms with Crippen LogP contribution in [0.3, 0.4) is 0 Å². The van der Waals surface area contributed by atoms with Gasteiger partial charge in [-0.25, -0.2) is 0 Å². The number of aliphatic hydroxyl groups is 2. The summed E-state index contributed by atoms with van der Waals surface area (Å²) in [6.45, 7) is 4.98. The summed E-state index contributed by atoms with van der Waals surface area (Å²) < 4.78 is 5.50. The predicted molar refractivity (Wildman–Crippen MR) is 356 cm³/mol. The minimum absolute atomic E-state index is 0.0239. The first-order chi connectivity index (χ1) is 40.0. The van der Waals surface area contributed by atoms with Gasteiger partial charge in [-0.1, -0.05) is 372 Å². The summed E-state index contributed by atoms with van der Waals surface area (Å²) in [6.07, 6.45) is 89.8. The predicted octanol–water partition coefficient (Wildman–Crippen LogP) is 24.1. The van der Waals surface area contributed by atoms with Crippen molar-refractivity contribution in [2.45, 2.75) is 431 Å². The number of hydrogen-bond donors (Lipinski definition) is 3. The maximum absolute atomic E-state index is 12.5. The van der Waals surface area contributed by atoms with E-state index < -0.39 is 12.1 Å². The maximum Gasteiger partial charge on any atom is 0.305 e. The third kappa shape index (κ3) is 67.3. The van der Waals surface area contributed by atoms with Crippen LogP contribution in [-0.4, -0.2) is 47.4 Å². The van der Waals surface area contributed by atoms with Crippen molar-refractivity contribution >= 4 is 11.9 Å². The summed E-state index contributed by atoms with van der Waals surface area (Å²) in [5, 5.41) is 23.2. The average Bonchev–Trinajstić information content (AvgIpc) is 3.47. The van der Waals surface area contributed by atoms with Gasteiger partial charge in [-0.2, -0.15) is 0 Å². The van der Waals surface area contributed by atoms with E-state index in [9.17, 15) is 19.8 Å². The molecule has 0 fully saturated rings. The van der Waals surface area contributed by atoms with E-state index in [4.69, 9.17) is 4.74 Å². The van der Waals surface area contributed by atoms with E-state index in [1.165, 1.54) is 340 Å². The Hall–Kier alpha value is -1.66. The lowest BCUT2D eigenvalue weighted by atomic mass is 10.0. The molecule has 0 spiro atoms. The van der Waals surface area contributed by atoms with E-state index in [0.29, 0.717) is 25.9 Å². The third-order valence-electron chi connectivity index (χ3n) is 17.5. The molecule has 0 radical (unpaired) electrons. The Morgan fingerprint density at radius 2 is 0.617 bits per heavy atom. The summed E-state index contributed by atoms with van der Waals surface area (Å²) in [7, 11) is 0. The van der Waals surface area contributed by atoms with Crippen LogP contribution in [0.5, 0.6) is 0 Å². The number of esters is 1. The van der Waals surface area contributed by atoms with Gasteiger partial charge in [-0.15, -0.1) is 0 Å². The fourth-order valence-corrected chi connectivity index (χ4v) is 11.9. The zero-order valence-electron chi connectivity index (χ0n) is 55.0. The minimum Gasteiger partial charge on any atom is -0.466 e. The number of unbranched alkanes of at least 4 members (excludes halogenated alkanes) is 55. The third-order valence-corrected chi connectivity index (χ3v) is 17.5. The number of amides is 1. The molecule has 0 heterocycles. The molecule has 1 amide bonds. The number of hydrogen-bond acceptors (Lipinski definition) is 5. The van der Waals surface area contributed by atoms with Crippen LogP contribution in [-0.2, 0) is 14.3 Å². The maximum atomic E-state index is 12.5. The van der Waals surface area contributed by atoms with Crippen LogP contribution >= 0.6 is 0 Å². The smallest absolute Gasteiger partial charge is 0.305 e. The Bertz CT molecular complexity index is 1270. The second-order valence-corrected chi connectivity index (χ2v) is 25.6. The molecule has 0 saturated carbocycles. The molecule has 0 bridgehead atoms. The van der Waals surface area contributed by atoms with Crippen LogP contribution in [0.15, 0.2) is 24.3 Å². The van der Waals surface area contributed by atoms with Gasteiger partial charge in [0.05, 0.1) is 25.4 Å². The molecular weight excluding hydrogens is 995 g/mol. The van der Waals surface area contributed by atoms with Crippen LogP contribution in [0.2, 0.25) is 0 Å². The molecule has 3 N–H and O–H groups in total. The SMILES string of the molecule is CCCCCCCCCCCCCCCCCC(=O)OCCCCCCCCCCCCCCCCC/C=C\C/C=C\CCCCCCCCCCCCCCCCCCCC(=O)NC(CO)C(O)CCCCCCCCCCCC. The molecular formula is C75H145NO5. The summed E-state index contributed by atoms with van der Waals surface area (Å²) >= 11 is 0. The van der Waals surface area contributed by atoms with Crippen molar-refractivity contribution < 1.29 is 24.5 Å². The Morgan fingerprint density at radius 1 is 0.346 bits per heavy atom. The van der Waals surface area contributed by atoms with Gasteiger partial charge in [0.15, 0.2) is 0 Å². The first kappa shape index (κ1) is 79.3. The number of ether oxygens (including phenoxy) is 1. The summed E-state index contributed by atoms with van der Waals surface area (Å²) in [6, 6.07) is -0.537. The highest BCUT2D eigenvalue weighted by Gasteiger charge is 2.20. The Labute approximate surface area is 507 Å². The van der Waals surface area contributed by atoms with Crippen molar-refractivity contribution in [3.05, 3.63) is 24.3 Å². The highest BCUT2D eigenvalue weighted by molar-refractivity contribution is 5.76. The van der Waals surface area contributed by atoms with Crippen LogP contribution in [0.1, 0.15) is 418 Å². The zero-order chi connectivity index (χ0) is 58.5. The van der Waals surface area contributed by atoms with E-state index in [1.54, 1.807) is 0 Å². The number of carbonyl (C=O) groups excluding carboxylic acids is 2. The molecule has 6 nitrogen and oxygen atoms in total. The molecule has 480 valence electrons. The van der Waals surface area contributed by atoms with Crippen molar-refractivity contribution in [3.63, 3.8) is 0 Å². The second-order valence-electron chi connectivity index (χ2n) is 25.6. The molecule has 0 saturated heterocycles. The van der Waals surface area contributed by atoms with Crippen LogP contribution in [0.4, 0.5) is 0 Å². The van der Waals surface area contributed by atoms with E-state index >= 15 is 0 Å².